The van der Waals surface area contributed by atoms with Crippen LogP contribution >= 0.6 is 0 Å². The van der Waals surface area contributed by atoms with Crippen LogP contribution in [0.2, 0.25) is 0 Å². The molecule has 19 heavy (non-hydrogen) atoms. The Morgan fingerprint density at radius 3 is 3.00 bits per heavy atom. The summed E-state index contributed by atoms with van der Waals surface area (Å²) in [5.74, 6) is 2.06. The quantitative estimate of drug-likeness (QED) is 0.850. The van der Waals surface area contributed by atoms with Crippen molar-refractivity contribution in [2.45, 2.75) is 13.3 Å². The van der Waals surface area contributed by atoms with Crippen LogP contribution in [0.15, 0.2) is 18.2 Å². The number of piperidine rings is 1. The van der Waals surface area contributed by atoms with E-state index in [0.29, 0.717) is 11.7 Å². The largest absolute Gasteiger partial charge is 0.454 e. The Morgan fingerprint density at radius 1 is 1.32 bits per heavy atom. The van der Waals surface area contributed by atoms with Crippen LogP contribution in [0, 0.1) is 11.8 Å². The first kappa shape index (κ1) is 12.3. The van der Waals surface area contributed by atoms with Gasteiger partial charge in [-0.1, -0.05) is 6.92 Å². The van der Waals surface area contributed by atoms with Crippen molar-refractivity contribution in [2.24, 2.45) is 11.8 Å². The van der Waals surface area contributed by atoms with Gasteiger partial charge in [-0.2, -0.15) is 0 Å². The average Bonchev–Trinajstić information content (AvgIpc) is 2.86. The molecule has 0 saturated carbocycles. The van der Waals surface area contributed by atoms with Crippen molar-refractivity contribution in [3.63, 3.8) is 0 Å². The van der Waals surface area contributed by atoms with Gasteiger partial charge >= 0.3 is 0 Å². The highest BCUT2D eigenvalue weighted by molar-refractivity contribution is 5.93. The normalized spacial score (nSPS) is 25.1. The second-order valence-electron chi connectivity index (χ2n) is 5.25. The van der Waals surface area contributed by atoms with Crippen molar-refractivity contribution in [2.75, 3.05) is 25.2 Å². The minimum atomic E-state index is 0.0363. The van der Waals surface area contributed by atoms with Gasteiger partial charge in [0.2, 0.25) is 12.7 Å². The summed E-state index contributed by atoms with van der Waals surface area (Å²) in [6.07, 6.45) is 0.934. The van der Waals surface area contributed by atoms with Crippen LogP contribution in [0.25, 0.3) is 0 Å². The van der Waals surface area contributed by atoms with Crippen molar-refractivity contribution in [3.05, 3.63) is 18.2 Å². The van der Waals surface area contributed by atoms with E-state index in [1.54, 1.807) is 6.07 Å². The molecule has 1 saturated heterocycles. The van der Waals surface area contributed by atoms with Crippen molar-refractivity contribution < 1.29 is 14.3 Å². The summed E-state index contributed by atoms with van der Waals surface area (Å²) >= 11 is 0. The fraction of sp³-hybridized carbons (Fsp3) is 0.500. The third-order valence-corrected chi connectivity index (χ3v) is 3.58. The molecule has 0 radical (unpaired) electrons. The van der Waals surface area contributed by atoms with Crippen LogP contribution in [0.3, 0.4) is 0 Å². The molecule has 2 N–H and O–H groups in total. The number of benzene rings is 1. The smallest absolute Gasteiger partial charge is 0.231 e. The number of amides is 1. The minimum Gasteiger partial charge on any atom is -0.454 e. The molecule has 0 aromatic heterocycles. The number of carbonyl (C=O) groups is 1. The van der Waals surface area contributed by atoms with Crippen LogP contribution < -0.4 is 20.1 Å². The molecule has 5 heteroatoms. The molecule has 2 aliphatic rings. The fourth-order valence-electron chi connectivity index (χ4n) is 2.57. The third kappa shape index (κ3) is 2.66. The summed E-state index contributed by atoms with van der Waals surface area (Å²) in [7, 11) is 0. The number of carbonyl (C=O) groups excluding carboxylic acids is 1. The van der Waals surface area contributed by atoms with Crippen LogP contribution in [0.4, 0.5) is 5.69 Å². The number of anilines is 1. The van der Waals surface area contributed by atoms with Crippen LogP contribution in [-0.2, 0) is 4.79 Å². The van der Waals surface area contributed by atoms with E-state index in [1.807, 2.05) is 12.1 Å². The summed E-state index contributed by atoms with van der Waals surface area (Å²) in [5, 5.41) is 6.23. The van der Waals surface area contributed by atoms with Gasteiger partial charge in [0.25, 0.3) is 0 Å². The molecule has 1 aromatic carbocycles. The standard InChI is InChI=1S/C14H18N2O3/c1-9-4-10(7-15-6-9)14(17)16-11-2-3-12-13(5-11)19-8-18-12/h2-3,5,9-10,15H,4,6-8H2,1H3,(H,16,17). The van der Waals surface area contributed by atoms with Crippen molar-refractivity contribution in [3.8, 4) is 11.5 Å². The average molecular weight is 262 g/mol. The fourth-order valence-corrected chi connectivity index (χ4v) is 2.57. The molecule has 1 fully saturated rings. The summed E-state index contributed by atoms with van der Waals surface area (Å²) < 4.78 is 10.5. The lowest BCUT2D eigenvalue weighted by Gasteiger charge is -2.26. The maximum Gasteiger partial charge on any atom is 0.231 e. The van der Waals surface area contributed by atoms with Gasteiger partial charge in [0.15, 0.2) is 11.5 Å². The Bertz CT molecular complexity index is 490. The predicted molar refractivity (Wildman–Crippen MR) is 71.3 cm³/mol. The second kappa shape index (κ2) is 5.09. The minimum absolute atomic E-state index is 0.0363. The first-order valence-corrected chi connectivity index (χ1v) is 6.63. The molecular weight excluding hydrogens is 244 g/mol. The lowest BCUT2D eigenvalue weighted by Crippen LogP contribution is -2.40. The molecule has 2 heterocycles. The molecule has 3 rings (SSSR count). The van der Waals surface area contributed by atoms with E-state index in [4.69, 9.17) is 9.47 Å². The Morgan fingerprint density at radius 2 is 2.16 bits per heavy atom. The van der Waals surface area contributed by atoms with Crippen molar-refractivity contribution in [1.82, 2.24) is 5.32 Å². The maximum absolute atomic E-state index is 12.2. The van der Waals surface area contributed by atoms with Crippen LogP contribution in [-0.4, -0.2) is 25.8 Å². The summed E-state index contributed by atoms with van der Waals surface area (Å²) in [4.78, 5) is 12.2. The first-order valence-electron chi connectivity index (χ1n) is 6.63. The van der Waals surface area contributed by atoms with Gasteiger partial charge in [0.1, 0.15) is 0 Å². The van der Waals surface area contributed by atoms with Gasteiger partial charge < -0.3 is 20.1 Å². The Hall–Kier alpha value is -1.75. The number of hydrogen-bond acceptors (Lipinski definition) is 4. The van der Waals surface area contributed by atoms with Crippen LogP contribution in [0.5, 0.6) is 11.5 Å². The molecule has 5 nitrogen and oxygen atoms in total. The highest BCUT2D eigenvalue weighted by Crippen LogP contribution is 2.34. The summed E-state index contributed by atoms with van der Waals surface area (Å²) in [6.45, 7) is 4.15. The molecule has 2 unspecified atom stereocenters. The molecule has 0 aliphatic carbocycles. The molecule has 1 amide bonds. The SMILES string of the molecule is CC1CNCC(C(=O)Nc2ccc3c(c2)OCO3)C1. The topological polar surface area (TPSA) is 59.6 Å². The van der Waals surface area contributed by atoms with Crippen molar-refractivity contribution >= 4 is 11.6 Å². The zero-order chi connectivity index (χ0) is 13.2. The molecular formula is C14H18N2O3. The molecule has 2 atom stereocenters. The number of rotatable bonds is 2. The maximum atomic E-state index is 12.2. The molecule has 2 aliphatic heterocycles. The number of ether oxygens (including phenoxy) is 2. The molecule has 1 aromatic rings. The zero-order valence-corrected chi connectivity index (χ0v) is 10.9. The molecule has 102 valence electrons. The van der Waals surface area contributed by atoms with E-state index in [9.17, 15) is 4.79 Å². The van der Waals surface area contributed by atoms with E-state index in [-0.39, 0.29) is 18.6 Å². The summed E-state index contributed by atoms with van der Waals surface area (Å²) in [5.41, 5.74) is 0.757. The Balaban J connectivity index is 1.66. The highest BCUT2D eigenvalue weighted by Gasteiger charge is 2.25. The second-order valence-corrected chi connectivity index (χ2v) is 5.25. The number of fused-ring (bicyclic) bond motifs is 1. The van der Waals surface area contributed by atoms with E-state index < -0.39 is 0 Å². The van der Waals surface area contributed by atoms with Gasteiger partial charge in [-0.3, -0.25) is 4.79 Å². The lowest BCUT2D eigenvalue weighted by atomic mass is 9.91. The molecule has 0 bridgehead atoms. The Labute approximate surface area is 112 Å². The lowest BCUT2D eigenvalue weighted by molar-refractivity contribution is -0.120. The third-order valence-electron chi connectivity index (χ3n) is 3.58. The monoisotopic (exact) mass is 262 g/mol. The van der Waals surface area contributed by atoms with Gasteiger partial charge in [0.05, 0.1) is 5.92 Å². The van der Waals surface area contributed by atoms with E-state index in [1.165, 1.54) is 0 Å². The highest BCUT2D eigenvalue weighted by atomic mass is 16.7. The van der Waals surface area contributed by atoms with E-state index in [2.05, 4.69) is 17.6 Å². The number of nitrogens with one attached hydrogen (secondary N) is 2. The van der Waals surface area contributed by atoms with E-state index in [0.717, 1.165) is 30.9 Å². The van der Waals surface area contributed by atoms with Gasteiger partial charge in [-0.15, -0.1) is 0 Å². The number of hydrogen-bond donors (Lipinski definition) is 2. The zero-order valence-electron chi connectivity index (χ0n) is 10.9. The molecule has 0 spiro atoms. The van der Waals surface area contributed by atoms with E-state index >= 15 is 0 Å². The van der Waals surface area contributed by atoms with Crippen LogP contribution in [0.1, 0.15) is 13.3 Å². The predicted octanol–water partition coefficient (Wildman–Crippen LogP) is 1.60. The first-order chi connectivity index (χ1) is 9.22. The van der Waals surface area contributed by atoms with Crippen molar-refractivity contribution in [1.29, 1.82) is 0 Å². The van der Waals surface area contributed by atoms with Gasteiger partial charge in [-0.05, 0) is 31.0 Å². The Kier molecular flexibility index (Phi) is 3.29. The summed E-state index contributed by atoms with van der Waals surface area (Å²) in [6, 6.07) is 5.46. The van der Waals surface area contributed by atoms with Gasteiger partial charge in [0, 0.05) is 18.3 Å². The van der Waals surface area contributed by atoms with Gasteiger partial charge in [-0.25, -0.2) is 0 Å².